The minimum absolute atomic E-state index is 0.0158. The van der Waals surface area contributed by atoms with Crippen molar-refractivity contribution in [2.24, 2.45) is 5.92 Å². The number of aryl methyl sites for hydroxylation is 1. The third-order valence-electron chi connectivity index (χ3n) is 6.28. The first-order valence-corrected chi connectivity index (χ1v) is 11.8. The molecule has 9 heteroatoms. The average Bonchev–Trinajstić information content (AvgIpc) is 3.36. The quantitative estimate of drug-likeness (QED) is 0.439. The summed E-state index contributed by atoms with van der Waals surface area (Å²) < 4.78 is 29.1. The van der Waals surface area contributed by atoms with Gasteiger partial charge in [0, 0.05) is 18.0 Å². The lowest BCUT2D eigenvalue weighted by atomic mass is 9.96. The highest BCUT2D eigenvalue weighted by atomic mass is 19.1. The van der Waals surface area contributed by atoms with E-state index in [4.69, 9.17) is 14.0 Å². The van der Waals surface area contributed by atoms with E-state index in [2.05, 4.69) is 20.4 Å². The van der Waals surface area contributed by atoms with Crippen molar-refractivity contribution in [2.75, 3.05) is 33.9 Å². The Morgan fingerprint density at radius 2 is 1.86 bits per heavy atom. The number of likely N-dealkylation sites (tertiary alicyclic amines) is 1. The molecule has 1 aliphatic rings. The number of hydrogen-bond donors (Lipinski definition) is 1. The molecule has 2 heterocycles. The standard InChI is InChI=1S/C26H31FN4O4/c1-33-22-10-7-20(16-23(22)34-2)25-29-24(35-30-25)17-31-14-11-19(12-15-31)26(32)28-13-3-4-18-5-8-21(27)9-6-18/h5-10,16,19H,3-4,11-15,17H2,1-2H3,(H,28,32). The summed E-state index contributed by atoms with van der Waals surface area (Å²) in [7, 11) is 3.17. The van der Waals surface area contributed by atoms with Gasteiger partial charge in [-0.2, -0.15) is 4.98 Å². The lowest BCUT2D eigenvalue weighted by Gasteiger charge is -2.30. The van der Waals surface area contributed by atoms with E-state index >= 15 is 0 Å². The zero-order valence-corrected chi connectivity index (χ0v) is 20.1. The number of carbonyl (C=O) groups excluding carboxylic acids is 1. The van der Waals surface area contributed by atoms with Crippen LogP contribution in [-0.4, -0.2) is 54.8 Å². The lowest BCUT2D eigenvalue weighted by molar-refractivity contribution is -0.126. The zero-order valence-electron chi connectivity index (χ0n) is 20.1. The number of amides is 1. The molecule has 0 spiro atoms. The van der Waals surface area contributed by atoms with E-state index in [1.54, 1.807) is 26.4 Å². The predicted molar refractivity (Wildman–Crippen MR) is 129 cm³/mol. The molecule has 2 aromatic carbocycles. The maximum Gasteiger partial charge on any atom is 0.241 e. The van der Waals surface area contributed by atoms with Gasteiger partial charge in [-0.15, -0.1) is 0 Å². The summed E-state index contributed by atoms with van der Waals surface area (Å²) in [4.78, 5) is 19.3. The summed E-state index contributed by atoms with van der Waals surface area (Å²) in [6.45, 7) is 2.76. The van der Waals surface area contributed by atoms with E-state index in [1.807, 2.05) is 18.2 Å². The van der Waals surface area contributed by atoms with Crippen LogP contribution in [0.5, 0.6) is 11.5 Å². The Balaban J connectivity index is 1.20. The van der Waals surface area contributed by atoms with Crippen molar-refractivity contribution in [2.45, 2.75) is 32.2 Å². The SMILES string of the molecule is COc1ccc(-c2noc(CN3CCC(C(=O)NCCCc4ccc(F)cc4)CC3)n2)cc1OC. The first kappa shape index (κ1) is 24.7. The smallest absolute Gasteiger partial charge is 0.241 e. The molecule has 0 saturated carbocycles. The molecular weight excluding hydrogens is 451 g/mol. The van der Waals surface area contributed by atoms with E-state index in [9.17, 15) is 9.18 Å². The number of methoxy groups -OCH3 is 2. The molecule has 0 aliphatic carbocycles. The number of halogens is 1. The minimum atomic E-state index is -0.231. The molecule has 8 nitrogen and oxygen atoms in total. The van der Waals surface area contributed by atoms with Crippen LogP contribution in [-0.2, 0) is 17.8 Å². The highest BCUT2D eigenvalue weighted by molar-refractivity contribution is 5.78. The molecule has 1 N–H and O–H groups in total. The van der Waals surface area contributed by atoms with Gasteiger partial charge in [0.05, 0.1) is 20.8 Å². The molecule has 1 aliphatic heterocycles. The number of hydrogen-bond acceptors (Lipinski definition) is 7. The number of aromatic nitrogens is 2. The Kier molecular flexibility index (Phi) is 8.31. The lowest BCUT2D eigenvalue weighted by Crippen LogP contribution is -2.40. The summed E-state index contributed by atoms with van der Waals surface area (Å²) in [6.07, 6.45) is 3.23. The third-order valence-corrected chi connectivity index (χ3v) is 6.28. The van der Waals surface area contributed by atoms with Gasteiger partial charge in [0.15, 0.2) is 11.5 Å². The zero-order chi connectivity index (χ0) is 24.6. The van der Waals surface area contributed by atoms with Gasteiger partial charge in [-0.05, 0) is 74.7 Å². The van der Waals surface area contributed by atoms with Crippen molar-refractivity contribution < 1.29 is 23.2 Å². The van der Waals surface area contributed by atoms with Crippen LogP contribution in [0.4, 0.5) is 4.39 Å². The van der Waals surface area contributed by atoms with Gasteiger partial charge < -0.3 is 19.3 Å². The number of rotatable bonds is 10. The Hall–Kier alpha value is -3.46. The largest absolute Gasteiger partial charge is 0.493 e. The van der Waals surface area contributed by atoms with Gasteiger partial charge in [-0.1, -0.05) is 17.3 Å². The maximum absolute atomic E-state index is 13.0. The highest BCUT2D eigenvalue weighted by Gasteiger charge is 2.26. The van der Waals surface area contributed by atoms with Crippen molar-refractivity contribution in [3.05, 3.63) is 59.7 Å². The number of nitrogens with one attached hydrogen (secondary N) is 1. The molecule has 1 saturated heterocycles. The summed E-state index contributed by atoms with van der Waals surface area (Å²) in [5.74, 6) is 2.17. The molecule has 0 atom stereocenters. The molecule has 1 amide bonds. The fourth-order valence-corrected chi connectivity index (χ4v) is 4.26. The first-order chi connectivity index (χ1) is 17.1. The van der Waals surface area contributed by atoms with Crippen LogP contribution < -0.4 is 14.8 Å². The van der Waals surface area contributed by atoms with Crippen molar-refractivity contribution in [3.8, 4) is 22.9 Å². The van der Waals surface area contributed by atoms with E-state index in [0.29, 0.717) is 36.3 Å². The molecule has 0 unspecified atom stereocenters. The van der Waals surface area contributed by atoms with Crippen LogP contribution in [0.2, 0.25) is 0 Å². The second-order valence-corrected chi connectivity index (χ2v) is 8.65. The Bertz CT molecular complexity index is 1110. The van der Waals surface area contributed by atoms with Gasteiger partial charge in [0.2, 0.25) is 17.6 Å². The Morgan fingerprint density at radius 3 is 2.57 bits per heavy atom. The fraction of sp³-hybridized carbons (Fsp3) is 0.423. The monoisotopic (exact) mass is 482 g/mol. The number of benzene rings is 2. The maximum atomic E-state index is 13.0. The molecule has 4 rings (SSSR count). The number of nitrogens with zero attached hydrogens (tertiary/aromatic N) is 3. The second kappa shape index (κ2) is 11.8. The van der Waals surface area contributed by atoms with Crippen LogP contribution >= 0.6 is 0 Å². The van der Waals surface area contributed by atoms with Crippen molar-refractivity contribution >= 4 is 5.91 Å². The van der Waals surface area contributed by atoms with Crippen LogP contribution in [0, 0.1) is 11.7 Å². The van der Waals surface area contributed by atoms with Gasteiger partial charge in [0.25, 0.3) is 0 Å². The Labute approximate surface area is 204 Å². The molecule has 1 fully saturated rings. The van der Waals surface area contributed by atoms with E-state index < -0.39 is 0 Å². The Morgan fingerprint density at radius 1 is 1.11 bits per heavy atom. The van der Waals surface area contributed by atoms with Crippen molar-refractivity contribution in [1.29, 1.82) is 0 Å². The van der Waals surface area contributed by atoms with Crippen LogP contribution in [0.25, 0.3) is 11.4 Å². The third kappa shape index (κ3) is 6.57. The van der Waals surface area contributed by atoms with Crippen molar-refractivity contribution in [1.82, 2.24) is 20.4 Å². The number of carbonyl (C=O) groups is 1. The van der Waals surface area contributed by atoms with E-state index in [1.165, 1.54) is 12.1 Å². The van der Waals surface area contributed by atoms with E-state index in [-0.39, 0.29) is 17.6 Å². The van der Waals surface area contributed by atoms with Crippen LogP contribution in [0.1, 0.15) is 30.7 Å². The molecule has 3 aromatic rings. The predicted octanol–water partition coefficient (Wildman–Crippen LogP) is 3.85. The fourth-order valence-electron chi connectivity index (χ4n) is 4.26. The summed E-state index contributed by atoms with van der Waals surface area (Å²) >= 11 is 0. The molecular formula is C26H31FN4O4. The topological polar surface area (TPSA) is 89.7 Å². The molecule has 0 bridgehead atoms. The van der Waals surface area contributed by atoms with Gasteiger partial charge in [-0.3, -0.25) is 9.69 Å². The van der Waals surface area contributed by atoms with Gasteiger partial charge in [-0.25, -0.2) is 4.39 Å². The molecule has 1 aromatic heterocycles. The second-order valence-electron chi connectivity index (χ2n) is 8.65. The number of piperidine rings is 1. The molecule has 186 valence electrons. The number of ether oxygens (including phenoxy) is 2. The van der Waals surface area contributed by atoms with E-state index in [0.717, 1.165) is 49.9 Å². The summed E-state index contributed by atoms with van der Waals surface area (Å²) in [5.41, 5.74) is 1.86. The molecule has 35 heavy (non-hydrogen) atoms. The minimum Gasteiger partial charge on any atom is -0.493 e. The highest BCUT2D eigenvalue weighted by Crippen LogP contribution is 2.31. The van der Waals surface area contributed by atoms with Crippen LogP contribution in [0.3, 0.4) is 0 Å². The van der Waals surface area contributed by atoms with Gasteiger partial charge >= 0.3 is 0 Å². The average molecular weight is 483 g/mol. The van der Waals surface area contributed by atoms with Gasteiger partial charge in [0.1, 0.15) is 5.82 Å². The molecule has 0 radical (unpaired) electrons. The first-order valence-electron chi connectivity index (χ1n) is 11.8. The summed E-state index contributed by atoms with van der Waals surface area (Å²) in [5, 5.41) is 7.15. The normalized spacial score (nSPS) is 14.6. The van der Waals surface area contributed by atoms with Crippen LogP contribution in [0.15, 0.2) is 47.0 Å². The summed E-state index contributed by atoms with van der Waals surface area (Å²) in [6, 6.07) is 12.0. The van der Waals surface area contributed by atoms with Crippen molar-refractivity contribution in [3.63, 3.8) is 0 Å².